The van der Waals surface area contributed by atoms with E-state index in [1.54, 1.807) is 0 Å². The summed E-state index contributed by atoms with van der Waals surface area (Å²) < 4.78 is 22.5. The van der Waals surface area contributed by atoms with Crippen LogP contribution in [0.2, 0.25) is 0 Å². The molecule has 0 saturated carbocycles. The first-order valence-electron chi connectivity index (χ1n) is 13.2. The molecule has 0 amide bonds. The van der Waals surface area contributed by atoms with Crippen molar-refractivity contribution >= 4 is 11.1 Å². The lowest BCUT2D eigenvalue weighted by Crippen LogP contribution is -2.40. The van der Waals surface area contributed by atoms with E-state index in [1.807, 2.05) is 6.20 Å². The second-order valence-corrected chi connectivity index (χ2v) is 10.6. The zero-order valence-electron chi connectivity index (χ0n) is 21.0. The first kappa shape index (κ1) is 27.4. The van der Waals surface area contributed by atoms with Crippen LogP contribution in [0.25, 0.3) is 0 Å². The summed E-state index contributed by atoms with van der Waals surface area (Å²) in [5, 5.41) is 0. The lowest BCUT2D eigenvalue weighted by molar-refractivity contribution is 0.0665. The van der Waals surface area contributed by atoms with E-state index in [1.165, 1.54) is 82.6 Å². The fourth-order valence-corrected chi connectivity index (χ4v) is 5.54. The van der Waals surface area contributed by atoms with Gasteiger partial charge in [-0.05, 0) is 43.8 Å². The molecule has 0 aromatic carbocycles. The van der Waals surface area contributed by atoms with Crippen molar-refractivity contribution in [3.63, 3.8) is 0 Å². The van der Waals surface area contributed by atoms with Gasteiger partial charge >= 0.3 is 0 Å². The van der Waals surface area contributed by atoms with Crippen molar-refractivity contribution < 1.29 is 8.76 Å². The van der Waals surface area contributed by atoms with Crippen LogP contribution in [0.3, 0.4) is 0 Å². The number of hydrogen-bond acceptors (Lipinski definition) is 5. The Hall–Kier alpha value is -0.850. The number of aromatic nitrogens is 2. The molecular weight excluding hydrogens is 418 g/mol. The highest BCUT2D eigenvalue weighted by atomic mass is 32.2. The van der Waals surface area contributed by atoms with E-state index in [4.69, 9.17) is 4.98 Å². The summed E-state index contributed by atoms with van der Waals surface area (Å²) >= 11 is -2.16. The van der Waals surface area contributed by atoms with Gasteiger partial charge in [-0.15, -0.1) is 0 Å². The average Bonchev–Trinajstić information content (AvgIpc) is 3.00. The highest BCUT2D eigenvalue weighted by Gasteiger charge is 2.46. The van der Waals surface area contributed by atoms with E-state index in [9.17, 15) is 8.76 Å². The minimum atomic E-state index is -2.16. The molecule has 3 atom stereocenters. The summed E-state index contributed by atoms with van der Waals surface area (Å²) in [4.78, 5) is 11.9. The van der Waals surface area contributed by atoms with Crippen molar-refractivity contribution in [3.05, 3.63) is 23.3 Å². The molecule has 0 bridgehead atoms. The molecule has 0 spiro atoms. The summed E-state index contributed by atoms with van der Waals surface area (Å²) in [7, 11) is 0. The zero-order valence-corrected chi connectivity index (χ0v) is 21.9. The van der Waals surface area contributed by atoms with E-state index in [-0.39, 0.29) is 17.3 Å². The smallest absolute Gasteiger partial charge is 0.139 e. The van der Waals surface area contributed by atoms with Crippen molar-refractivity contribution in [3.8, 4) is 0 Å². The quantitative estimate of drug-likeness (QED) is 0.184. The molecule has 2 rings (SSSR count). The Morgan fingerprint density at radius 3 is 2.16 bits per heavy atom. The van der Waals surface area contributed by atoms with Crippen molar-refractivity contribution in [1.29, 1.82) is 0 Å². The second kappa shape index (κ2) is 14.4. The van der Waals surface area contributed by atoms with Gasteiger partial charge in [0.15, 0.2) is 0 Å². The van der Waals surface area contributed by atoms with Crippen molar-refractivity contribution in [1.82, 2.24) is 14.9 Å². The first-order valence-corrected chi connectivity index (χ1v) is 14.4. The molecule has 0 aliphatic carbocycles. The minimum absolute atomic E-state index is 0.0687. The lowest BCUT2D eigenvalue weighted by Gasteiger charge is -2.38. The van der Waals surface area contributed by atoms with E-state index in [2.05, 4.69) is 37.6 Å². The summed E-state index contributed by atoms with van der Waals surface area (Å²) in [5.41, 5.74) is 2.23. The number of nitrogens with zero attached hydrogens (tertiary/aromatic N) is 3. The van der Waals surface area contributed by atoms with Crippen molar-refractivity contribution in [2.45, 2.75) is 135 Å². The first-order chi connectivity index (χ1) is 15.5. The number of unbranched alkanes of at least 4 members (excludes halogenated alkanes) is 10. The summed E-state index contributed by atoms with van der Waals surface area (Å²) in [5.74, 6) is 0.335. The summed E-state index contributed by atoms with van der Waals surface area (Å²) in [6.07, 6.45) is 19.5. The molecule has 0 fully saturated rings. The van der Waals surface area contributed by atoms with Gasteiger partial charge in [0, 0.05) is 17.3 Å². The fraction of sp³-hybridized carbons (Fsp3) is 0.846. The van der Waals surface area contributed by atoms with Crippen LogP contribution in [-0.2, 0) is 22.4 Å². The van der Waals surface area contributed by atoms with E-state index in [0.29, 0.717) is 5.82 Å². The van der Waals surface area contributed by atoms with Gasteiger partial charge < -0.3 is 4.55 Å². The molecule has 5 nitrogen and oxygen atoms in total. The molecular formula is C26H46N3O2S-. The maximum Gasteiger partial charge on any atom is 0.139 e. The van der Waals surface area contributed by atoms with Gasteiger partial charge in [0.1, 0.15) is 5.82 Å². The number of rotatable bonds is 17. The number of hydrogen-bond donors (Lipinski definition) is 0. The Kier molecular flexibility index (Phi) is 12.3. The Morgan fingerprint density at radius 2 is 1.56 bits per heavy atom. The molecule has 1 aliphatic heterocycles. The molecule has 0 saturated heterocycles. The third kappa shape index (κ3) is 7.59. The van der Waals surface area contributed by atoms with Crippen LogP contribution in [-0.4, -0.2) is 30.2 Å². The van der Waals surface area contributed by atoms with Gasteiger partial charge in [-0.3, -0.25) is 9.11 Å². The van der Waals surface area contributed by atoms with E-state index >= 15 is 0 Å². The maximum atomic E-state index is 11.3. The Bertz CT molecular complexity index is 700. The van der Waals surface area contributed by atoms with Gasteiger partial charge in [-0.1, -0.05) is 91.4 Å². The normalized spacial score (nSPS) is 21.7. The molecule has 1 aromatic heterocycles. The molecule has 6 heteroatoms. The van der Waals surface area contributed by atoms with Gasteiger partial charge in [0.2, 0.25) is 0 Å². The van der Waals surface area contributed by atoms with Gasteiger partial charge in [-0.2, -0.15) is 0 Å². The van der Waals surface area contributed by atoms with Crippen LogP contribution in [0.1, 0.15) is 141 Å². The maximum absolute atomic E-state index is 11.3. The second-order valence-electron chi connectivity index (χ2n) is 9.69. The van der Waals surface area contributed by atoms with Crippen molar-refractivity contribution in [2.75, 3.05) is 6.54 Å². The monoisotopic (exact) mass is 464 g/mol. The SMILES string of the molecule is CCCCCCCCC1c2nc(CS(=O)[O-])ncc2C(C)(CC)N1CCCCCCCC. The van der Waals surface area contributed by atoms with Gasteiger partial charge in [0.05, 0.1) is 17.5 Å². The fourth-order valence-electron chi connectivity index (χ4n) is 5.19. The van der Waals surface area contributed by atoms with E-state index in [0.717, 1.165) is 25.1 Å². The summed E-state index contributed by atoms with van der Waals surface area (Å²) in [6, 6.07) is 0.276. The predicted octanol–water partition coefficient (Wildman–Crippen LogP) is 6.95. The largest absolute Gasteiger partial charge is 0.772 e. The van der Waals surface area contributed by atoms with Crippen molar-refractivity contribution in [2.24, 2.45) is 0 Å². The molecule has 3 unspecified atom stereocenters. The highest BCUT2D eigenvalue weighted by Crippen LogP contribution is 2.49. The Balaban J connectivity index is 2.15. The van der Waals surface area contributed by atoms with Crippen LogP contribution in [0.15, 0.2) is 6.20 Å². The third-order valence-corrected chi connectivity index (χ3v) is 7.79. The Labute approximate surface area is 199 Å². The minimum Gasteiger partial charge on any atom is -0.772 e. The third-order valence-electron chi connectivity index (χ3n) is 7.29. The molecule has 0 radical (unpaired) electrons. The zero-order chi connectivity index (χ0) is 23.4. The molecule has 0 N–H and O–H groups in total. The Morgan fingerprint density at radius 1 is 0.969 bits per heavy atom. The van der Waals surface area contributed by atoms with Crippen LogP contribution < -0.4 is 0 Å². The van der Waals surface area contributed by atoms with Crippen LogP contribution in [0.4, 0.5) is 0 Å². The standard InChI is InChI=1S/C26H47N3O2S/c1-5-8-10-12-14-16-18-23-25-22(20-27-24(28-25)21-32(30)31)26(4,7-3)29(23)19-17-15-13-11-9-6-2/h20,23H,5-19,21H2,1-4H3,(H,30,31)/p-1. The molecule has 32 heavy (non-hydrogen) atoms. The topological polar surface area (TPSA) is 69.1 Å². The van der Waals surface area contributed by atoms with Gasteiger partial charge in [0.25, 0.3) is 0 Å². The van der Waals surface area contributed by atoms with Crippen LogP contribution >= 0.6 is 0 Å². The highest BCUT2D eigenvalue weighted by molar-refractivity contribution is 7.78. The predicted molar refractivity (Wildman–Crippen MR) is 133 cm³/mol. The van der Waals surface area contributed by atoms with Crippen LogP contribution in [0, 0.1) is 0 Å². The van der Waals surface area contributed by atoms with Crippen LogP contribution in [0.5, 0.6) is 0 Å². The summed E-state index contributed by atoms with van der Waals surface area (Å²) in [6.45, 7) is 10.2. The number of fused-ring (bicyclic) bond motifs is 1. The van der Waals surface area contributed by atoms with Gasteiger partial charge in [-0.25, -0.2) is 9.97 Å². The average molecular weight is 465 g/mol. The molecule has 1 aliphatic rings. The van der Waals surface area contributed by atoms with E-state index < -0.39 is 11.1 Å². The molecule has 1 aromatic rings. The molecule has 2 heterocycles. The molecule has 184 valence electrons. The lowest BCUT2D eigenvalue weighted by atomic mass is 9.91.